The quantitative estimate of drug-likeness (QED) is 0.733. The van der Waals surface area contributed by atoms with Gasteiger partial charge in [0.1, 0.15) is 23.4 Å². The number of aliphatic hydroxyl groups excluding tert-OH is 1. The Morgan fingerprint density at radius 3 is 2.63 bits per heavy atom. The van der Waals surface area contributed by atoms with E-state index >= 15 is 0 Å². The van der Waals surface area contributed by atoms with Crippen molar-refractivity contribution < 1.29 is 29.2 Å². The molecule has 2 heterocycles. The van der Waals surface area contributed by atoms with Gasteiger partial charge in [-0.3, -0.25) is 0 Å². The zero-order chi connectivity index (χ0) is 21.2. The predicted octanol–water partition coefficient (Wildman–Crippen LogP) is 3.67. The smallest absolute Gasteiger partial charge is 0.164 e. The Bertz CT molecular complexity index is 1040. The Hall–Kier alpha value is -2.86. The summed E-state index contributed by atoms with van der Waals surface area (Å²) in [5.41, 5.74) is 2.52. The van der Waals surface area contributed by atoms with E-state index in [0.29, 0.717) is 41.6 Å². The molecule has 3 unspecified atom stereocenters. The second-order valence-corrected chi connectivity index (χ2v) is 8.50. The number of rotatable bonds is 5. The standard InChI is InChI=1S/C24H26O6/c1-12(2)18-7-15-17(30-18)6-5-14(22(15)25)23(26)24-10-13(24)11-29-19-9-21(28-4)20(27-3)8-16(19)24/h5-6,8-9,13,18,23,25-26H,1,7,10-11H2,2-4H3/t13?,18-,23?,24?/m1/s1. The molecule has 2 aliphatic heterocycles. The minimum absolute atomic E-state index is 0.109. The van der Waals surface area contributed by atoms with Crippen LogP contribution < -0.4 is 18.9 Å². The summed E-state index contributed by atoms with van der Waals surface area (Å²) in [7, 11) is 3.17. The van der Waals surface area contributed by atoms with Crippen molar-refractivity contribution in [1.82, 2.24) is 0 Å². The van der Waals surface area contributed by atoms with Crippen LogP contribution in [-0.4, -0.2) is 37.1 Å². The van der Waals surface area contributed by atoms with Gasteiger partial charge < -0.3 is 29.2 Å². The highest BCUT2D eigenvalue weighted by molar-refractivity contribution is 5.60. The van der Waals surface area contributed by atoms with Crippen LogP contribution in [0.3, 0.4) is 0 Å². The van der Waals surface area contributed by atoms with Crippen molar-refractivity contribution in [2.24, 2.45) is 5.92 Å². The number of hydrogen-bond donors (Lipinski definition) is 2. The van der Waals surface area contributed by atoms with Gasteiger partial charge in [-0.15, -0.1) is 0 Å². The van der Waals surface area contributed by atoms with Gasteiger partial charge >= 0.3 is 0 Å². The summed E-state index contributed by atoms with van der Waals surface area (Å²) in [6.07, 6.45) is 0.305. The van der Waals surface area contributed by atoms with Crippen LogP contribution in [-0.2, 0) is 11.8 Å². The lowest BCUT2D eigenvalue weighted by molar-refractivity contribution is 0.103. The van der Waals surface area contributed by atoms with E-state index in [4.69, 9.17) is 18.9 Å². The summed E-state index contributed by atoms with van der Waals surface area (Å²) in [6.45, 7) is 6.40. The summed E-state index contributed by atoms with van der Waals surface area (Å²) < 4.78 is 22.7. The number of methoxy groups -OCH3 is 2. The normalized spacial score (nSPS) is 26.4. The van der Waals surface area contributed by atoms with E-state index in [1.165, 1.54) is 0 Å². The molecule has 158 valence electrons. The van der Waals surface area contributed by atoms with E-state index in [1.54, 1.807) is 20.3 Å². The minimum Gasteiger partial charge on any atom is -0.507 e. The van der Waals surface area contributed by atoms with Gasteiger partial charge in [0.25, 0.3) is 0 Å². The summed E-state index contributed by atoms with van der Waals surface area (Å²) in [5, 5.41) is 22.6. The molecule has 0 bridgehead atoms. The predicted molar refractivity (Wildman–Crippen MR) is 111 cm³/mol. The number of phenolic OH excluding ortho intramolecular Hbond substituents is 1. The summed E-state index contributed by atoms with van der Waals surface area (Å²) >= 11 is 0. The lowest BCUT2D eigenvalue weighted by Crippen LogP contribution is -2.28. The van der Waals surface area contributed by atoms with Crippen LogP contribution in [0.2, 0.25) is 0 Å². The molecule has 0 saturated heterocycles. The summed E-state index contributed by atoms with van der Waals surface area (Å²) in [6, 6.07) is 7.30. The van der Waals surface area contributed by atoms with Crippen LogP contribution in [0.5, 0.6) is 28.7 Å². The maximum absolute atomic E-state index is 11.5. The van der Waals surface area contributed by atoms with Crippen molar-refractivity contribution in [3.8, 4) is 28.7 Å². The molecule has 5 rings (SSSR count). The third kappa shape index (κ3) is 2.53. The Morgan fingerprint density at radius 1 is 1.20 bits per heavy atom. The fourth-order valence-electron chi connectivity index (χ4n) is 5.00. The number of ether oxygens (including phenoxy) is 4. The van der Waals surface area contributed by atoms with Gasteiger partial charge in [0, 0.05) is 40.5 Å². The molecule has 1 aliphatic carbocycles. The molecule has 0 aromatic heterocycles. The van der Waals surface area contributed by atoms with Crippen molar-refractivity contribution in [1.29, 1.82) is 0 Å². The number of hydrogen-bond acceptors (Lipinski definition) is 6. The number of fused-ring (bicyclic) bond motifs is 4. The van der Waals surface area contributed by atoms with Crippen LogP contribution in [0.4, 0.5) is 0 Å². The fourth-order valence-corrected chi connectivity index (χ4v) is 5.00. The first-order chi connectivity index (χ1) is 14.4. The zero-order valence-electron chi connectivity index (χ0n) is 17.4. The minimum atomic E-state index is -0.877. The molecule has 6 heteroatoms. The molecule has 3 aliphatic rings. The van der Waals surface area contributed by atoms with Gasteiger partial charge in [-0.05, 0) is 37.1 Å². The molecule has 30 heavy (non-hydrogen) atoms. The van der Waals surface area contributed by atoms with Crippen LogP contribution in [0.1, 0.15) is 36.1 Å². The number of aliphatic hydroxyl groups is 1. The highest BCUT2D eigenvalue weighted by Gasteiger charge is 2.64. The third-order valence-corrected chi connectivity index (χ3v) is 6.84. The third-order valence-electron chi connectivity index (χ3n) is 6.84. The highest BCUT2D eigenvalue weighted by Crippen LogP contribution is 2.67. The fraction of sp³-hybridized carbons (Fsp3) is 0.417. The molecule has 0 amide bonds. The van der Waals surface area contributed by atoms with Crippen LogP contribution in [0, 0.1) is 5.92 Å². The van der Waals surface area contributed by atoms with Crippen LogP contribution >= 0.6 is 0 Å². The molecule has 1 saturated carbocycles. The van der Waals surface area contributed by atoms with E-state index in [9.17, 15) is 10.2 Å². The van der Waals surface area contributed by atoms with E-state index < -0.39 is 11.5 Å². The SMILES string of the molecule is C=C(C)[C@H]1Cc2c(ccc(C(O)C34CC3COc3cc(OC)c(OC)cc34)c2O)O1. The van der Waals surface area contributed by atoms with Crippen molar-refractivity contribution in [2.45, 2.75) is 37.4 Å². The summed E-state index contributed by atoms with van der Waals surface area (Å²) in [5.74, 6) is 2.80. The van der Waals surface area contributed by atoms with E-state index in [1.807, 2.05) is 25.1 Å². The largest absolute Gasteiger partial charge is 0.507 e. The van der Waals surface area contributed by atoms with Gasteiger partial charge in [0.15, 0.2) is 11.5 Å². The Morgan fingerprint density at radius 2 is 1.93 bits per heavy atom. The Labute approximate surface area is 175 Å². The second-order valence-electron chi connectivity index (χ2n) is 8.50. The van der Waals surface area contributed by atoms with Gasteiger partial charge in [0.05, 0.1) is 26.9 Å². The number of aromatic hydroxyl groups is 1. The molecule has 4 atom stereocenters. The molecule has 0 radical (unpaired) electrons. The lowest BCUT2D eigenvalue weighted by atomic mass is 9.81. The molecular formula is C24H26O6. The van der Waals surface area contributed by atoms with Gasteiger partial charge in [-0.25, -0.2) is 0 Å². The second kappa shape index (κ2) is 6.57. The van der Waals surface area contributed by atoms with Crippen LogP contribution in [0.25, 0.3) is 0 Å². The highest BCUT2D eigenvalue weighted by atomic mass is 16.5. The molecule has 6 nitrogen and oxygen atoms in total. The molecular weight excluding hydrogens is 384 g/mol. The first-order valence-corrected chi connectivity index (χ1v) is 10.1. The van der Waals surface area contributed by atoms with Crippen molar-refractivity contribution >= 4 is 0 Å². The molecule has 2 aromatic carbocycles. The molecule has 2 N–H and O–H groups in total. The van der Waals surface area contributed by atoms with Crippen molar-refractivity contribution in [3.05, 3.63) is 53.1 Å². The summed E-state index contributed by atoms with van der Waals surface area (Å²) in [4.78, 5) is 0. The van der Waals surface area contributed by atoms with Crippen molar-refractivity contribution in [3.63, 3.8) is 0 Å². The van der Waals surface area contributed by atoms with Crippen molar-refractivity contribution in [2.75, 3.05) is 20.8 Å². The molecule has 1 fully saturated rings. The van der Waals surface area contributed by atoms with Crippen LogP contribution in [0.15, 0.2) is 36.4 Å². The van der Waals surface area contributed by atoms with E-state index in [2.05, 4.69) is 6.58 Å². The van der Waals surface area contributed by atoms with Gasteiger partial charge in [-0.1, -0.05) is 6.58 Å². The molecule has 0 spiro atoms. The van der Waals surface area contributed by atoms with Gasteiger partial charge in [0.2, 0.25) is 0 Å². The number of benzene rings is 2. The zero-order valence-corrected chi connectivity index (χ0v) is 17.4. The maximum Gasteiger partial charge on any atom is 0.164 e. The Balaban J connectivity index is 1.56. The van der Waals surface area contributed by atoms with Gasteiger partial charge in [-0.2, -0.15) is 0 Å². The molecule has 2 aromatic rings. The average molecular weight is 410 g/mol. The lowest BCUT2D eigenvalue weighted by Gasteiger charge is -2.31. The monoisotopic (exact) mass is 410 g/mol. The number of phenols is 1. The van der Waals surface area contributed by atoms with E-state index in [-0.39, 0.29) is 17.8 Å². The first-order valence-electron chi connectivity index (χ1n) is 10.1. The average Bonchev–Trinajstić information content (AvgIpc) is 3.34. The Kier molecular flexibility index (Phi) is 4.19. The van der Waals surface area contributed by atoms with E-state index in [0.717, 1.165) is 23.1 Å². The topological polar surface area (TPSA) is 77.4 Å². The maximum atomic E-state index is 11.5. The first kappa shape index (κ1) is 19.1.